The highest BCUT2D eigenvalue weighted by atomic mass is 15.4. The van der Waals surface area contributed by atoms with Crippen molar-refractivity contribution in [1.29, 1.82) is 0 Å². The average molecular weight is 245 g/mol. The number of pyridine rings is 1. The Morgan fingerprint density at radius 2 is 2.33 bits per heavy atom. The van der Waals surface area contributed by atoms with Crippen LogP contribution >= 0.6 is 0 Å². The van der Waals surface area contributed by atoms with Crippen LogP contribution in [-0.4, -0.2) is 44.0 Å². The molecular weight excluding hydrogens is 226 g/mol. The Kier molecular flexibility index (Phi) is 3.23. The molecule has 2 aromatic rings. The van der Waals surface area contributed by atoms with Crippen LogP contribution in [0.2, 0.25) is 0 Å². The molecule has 1 fully saturated rings. The smallest absolute Gasteiger partial charge is 0.131 e. The summed E-state index contributed by atoms with van der Waals surface area (Å²) >= 11 is 0. The maximum Gasteiger partial charge on any atom is 0.131 e. The second kappa shape index (κ2) is 5.02. The first-order valence-corrected chi connectivity index (χ1v) is 6.75. The summed E-state index contributed by atoms with van der Waals surface area (Å²) in [7, 11) is 0. The van der Waals surface area contributed by atoms with Gasteiger partial charge in [0.2, 0.25) is 0 Å². The molecule has 0 aliphatic carbocycles. The molecule has 5 nitrogen and oxygen atoms in total. The zero-order chi connectivity index (χ0) is 12.4. The van der Waals surface area contributed by atoms with Crippen LogP contribution in [0.5, 0.6) is 0 Å². The molecular formula is C13H19N5. The molecule has 1 aliphatic rings. The lowest BCUT2D eigenvalue weighted by molar-refractivity contribution is 0.137. The molecule has 0 spiro atoms. The summed E-state index contributed by atoms with van der Waals surface area (Å²) in [5, 5.41) is 8.43. The number of rotatable bonds is 3. The topological polar surface area (TPSA) is 46.8 Å². The molecule has 96 valence electrons. The number of likely N-dealkylation sites (tertiary alicyclic amines) is 1. The van der Waals surface area contributed by atoms with Crippen molar-refractivity contribution < 1.29 is 0 Å². The molecule has 0 radical (unpaired) electrons. The van der Waals surface area contributed by atoms with E-state index in [2.05, 4.69) is 27.1 Å². The molecule has 1 unspecified atom stereocenters. The number of nitrogens with zero attached hydrogens (tertiary/aromatic N) is 5. The van der Waals surface area contributed by atoms with Crippen LogP contribution in [0.25, 0.3) is 11.0 Å². The zero-order valence-electron chi connectivity index (χ0n) is 10.8. The summed E-state index contributed by atoms with van der Waals surface area (Å²) in [5.41, 5.74) is 1.97. The predicted molar refractivity (Wildman–Crippen MR) is 70.2 cm³/mol. The highest BCUT2D eigenvalue weighted by Gasteiger charge is 2.22. The second-order valence-electron chi connectivity index (χ2n) is 4.91. The molecule has 18 heavy (non-hydrogen) atoms. The summed E-state index contributed by atoms with van der Waals surface area (Å²) < 4.78 is 2.02. The van der Waals surface area contributed by atoms with Crippen molar-refractivity contribution in [2.75, 3.05) is 13.1 Å². The van der Waals surface area contributed by atoms with Crippen molar-refractivity contribution >= 4 is 11.0 Å². The summed E-state index contributed by atoms with van der Waals surface area (Å²) in [6, 6.07) is 2.59. The van der Waals surface area contributed by atoms with Crippen molar-refractivity contribution in [3.8, 4) is 0 Å². The second-order valence-corrected chi connectivity index (χ2v) is 4.91. The average Bonchev–Trinajstić information content (AvgIpc) is 2.83. The Hall–Kier alpha value is -1.49. The van der Waals surface area contributed by atoms with E-state index in [1.165, 1.54) is 25.8 Å². The Morgan fingerprint density at radius 1 is 1.39 bits per heavy atom. The summed E-state index contributed by atoms with van der Waals surface area (Å²) in [6.45, 7) is 5.52. The Bertz CT molecular complexity index is 521. The van der Waals surface area contributed by atoms with Crippen LogP contribution in [-0.2, 0) is 6.54 Å². The number of likely N-dealkylation sites (N-methyl/N-ethyl adjacent to an activating group) is 1. The fourth-order valence-corrected chi connectivity index (χ4v) is 2.84. The van der Waals surface area contributed by atoms with Gasteiger partial charge in [-0.05, 0) is 32.0 Å². The van der Waals surface area contributed by atoms with Gasteiger partial charge in [-0.15, -0.1) is 5.10 Å². The van der Waals surface area contributed by atoms with Crippen LogP contribution in [0, 0.1) is 0 Å². The van der Waals surface area contributed by atoms with E-state index in [0.717, 1.165) is 24.1 Å². The molecule has 0 amide bonds. The van der Waals surface area contributed by atoms with Crippen LogP contribution in [0.1, 0.15) is 26.2 Å². The molecule has 3 heterocycles. The predicted octanol–water partition coefficient (Wildman–Crippen LogP) is 1.70. The lowest BCUT2D eigenvalue weighted by atomic mass is 10.0. The first kappa shape index (κ1) is 11.6. The molecule has 0 N–H and O–H groups in total. The van der Waals surface area contributed by atoms with Crippen molar-refractivity contribution in [2.24, 2.45) is 0 Å². The van der Waals surface area contributed by atoms with Crippen molar-refractivity contribution in [1.82, 2.24) is 24.9 Å². The molecule has 5 heteroatoms. The number of fused-ring (bicyclic) bond motifs is 1. The van der Waals surface area contributed by atoms with Crippen molar-refractivity contribution in [3.05, 3.63) is 18.5 Å². The maximum atomic E-state index is 4.26. The van der Waals surface area contributed by atoms with E-state index in [4.69, 9.17) is 0 Å². The normalized spacial score (nSPS) is 21.5. The van der Waals surface area contributed by atoms with Gasteiger partial charge < -0.3 is 0 Å². The van der Waals surface area contributed by atoms with E-state index in [9.17, 15) is 0 Å². The van der Waals surface area contributed by atoms with Crippen LogP contribution in [0.3, 0.4) is 0 Å². The van der Waals surface area contributed by atoms with E-state index in [0.29, 0.717) is 6.04 Å². The third-order valence-corrected chi connectivity index (χ3v) is 3.86. The van der Waals surface area contributed by atoms with Crippen LogP contribution in [0.4, 0.5) is 0 Å². The molecule has 1 aliphatic heterocycles. The molecule has 0 bridgehead atoms. The van der Waals surface area contributed by atoms with Gasteiger partial charge in [-0.3, -0.25) is 9.88 Å². The molecule has 1 atom stereocenters. The molecule has 3 rings (SSSR count). The highest BCUT2D eigenvalue weighted by molar-refractivity contribution is 5.72. The summed E-state index contributed by atoms with van der Waals surface area (Å²) in [5.74, 6) is 0. The highest BCUT2D eigenvalue weighted by Crippen LogP contribution is 2.19. The van der Waals surface area contributed by atoms with E-state index in [1.54, 1.807) is 12.4 Å². The summed E-state index contributed by atoms with van der Waals surface area (Å²) in [4.78, 5) is 6.63. The zero-order valence-corrected chi connectivity index (χ0v) is 10.8. The van der Waals surface area contributed by atoms with Gasteiger partial charge in [0.15, 0.2) is 0 Å². The number of hydrogen-bond acceptors (Lipinski definition) is 4. The largest absolute Gasteiger partial charge is 0.299 e. The SMILES string of the molecule is CCN1CCCCC1Cn1nnc2cnccc21. The van der Waals surface area contributed by atoms with Gasteiger partial charge in [-0.25, -0.2) is 4.68 Å². The van der Waals surface area contributed by atoms with Gasteiger partial charge in [-0.2, -0.15) is 0 Å². The van der Waals surface area contributed by atoms with Crippen molar-refractivity contribution in [3.63, 3.8) is 0 Å². The Morgan fingerprint density at radius 3 is 3.22 bits per heavy atom. The fourth-order valence-electron chi connectivity index (χ4n) is 2.84. The van der Waals surface area contributed by atoms with Crippen molar-refractivity contribution in [2.45, 2.75) is 38.8 Å². The van der Waals surface area contributed by atoms with E-state index in [1.807, 2.05) is 10.7 Å². The Labute approximate surface area is 107 Å². The van der Waals surface area contributed by atoms with Gasteiger partial charge in [-0.1, -0.05) is 18.6 Å². The molecule has 2 aromatic heterocycles. The lowest BCUT2D eigenvalue weighted by Crippen LogP contribution is -2.42. The number of hydrogen-bond donors (Lipinski definition) is 0. The van der Waals surface area contributed by atoms with Gasteiger partial charge in [0, 0.05) is 12.2 Å². The summed E-state index contributed by atoms with van der Waals surface area (Å²) in [6.07, 6.45) is 7.50. The monoisotopic (exact) mass is 245 g/mol. The fraction of sp³-hybridized carbons (Fsp3) is 0.615. The van der Waals surface area contributed by atoms with Gasteiger partial charge >= 0.3 is 0 Å². The number of piperidine rings is 1. The minimum Gasteiger partial charge on any atom is -0.299 e. The third kappa shape index (κ3) is 2.10. The first-order valence-electron chi connectivity index (χ1n) is 6.75. The van der Waals surface area contributed by atoms with Crippen LogP contribution in [0.15, 0.2) is 18.5 Å². The first-order chi connectivity index (χ1) is 8.88. The molecule has 1 saturated heterocycles. The van der Waals surface area contributed by atoms with Gasteiger partial charge in [0.1, 0.15) is 5.52 Å². The minimum atomic E-state index is 0.599. The van der Waals surface area contributed by atoms with Gasteiger partial charge in [0.25, 0.3) is 0 Å². The lowest BCUT2D eigenvalue weighted by Gasteiger charge is -2.34. The quantitative estimate of drug-likeness (QED) is 0.825. The minimum absolute atomic E-state index is 0.599. The maximum absolute atomic E-state index is 4.26. The van der Waals surface area contributed by atoms with Crippen LogP contribution < -0.4 is 0 Å². The third-order valence-electron chi connectivity index (χ3n) is 3.86. The molecule has 0 saturated carbocycles. The van der Waals surface area contributed by atoms with E-state index < -0.39 is 0 Å². The number of aromatic nitrogens is 4. The van der Waals surface area contributed by atoms with Gasteiger partial charge in [0.05, 0.1) is 18.3 Å². The molecule has 0 aromatic carbocycles. The standard InChI is InChI=1S/C13H19N5/c1-2-17-8-4-3-5-11(17)10-18-13-6-7-14-9-12(13)15-16-18/h6-7,9,11H,2-5,8,10H2,1H3. The van der Waals surface area contributed by atoms with E-state index >= 15 is 0 Å². The Balaban J connectivity index is 1.82. The van der Waals surface area contributed by atoms with E-state index in [-0.39, 0.29) is 0 Å².